The molecule has 180 valence electrons. The number of halogens is 3. The number of nitrogens with zero attached hydrogens (tertiary/aromatic N) is 4. The van der Waals surface area contributed by atoms with E-state index < -0.39 is 21.8 Å². The molecule has 4 aromatic rings. The average molecular weight is 499 g/mol. The van der Waals surface area contributed by atoms with E-state index in [4.69, 9.17) is 0 Å². The number of rotatable bonds is 3. The Labute approximate surface area is 200 Å². The molecule has 0 saturated heterocycles. The van der Waals surface area contributed by atoms with Crippen LogP contribution in [0.4, 0.5) is 19.0 Å². The van der Waals surface area contributed by atoms with Crippen LogP contribution in [-0.2, 0) is 22.6 Å². The van der Waals surface area contributed by atoms with Gasteiger partial charge in [-0.25, -0.2) is 22.4 Å². The maximum Gasteiger partial charge on any atom is 0.416 e. The molecule has 0 unspecified atom stereocenters. The van der Waals surface area contributed by atoms with Gasteiger partial charge >= 0.3 is 6.18 Å². The second-order valence-corrected chi connectivity index (χ2v) is 10.2. The summed E-state index contributed by atoms with van der Waals surface area (Å²) >= 11 is 0. The standard InChI is InChI=1S/C25H21F3N4O2S/c1-16-5-11-20(12-6-16)35(33,34)31-15-13-21-17(2)32(19-9-7-18(8-10-19)25(26,27)28)30-23(21)22-4-3-14-29-24(22)31/h3-12,14H,13,15H2,1-2H3. The summed E-state index contributed by atoms with van der Waals surface area (Å²) in [6.45, 7) is 3.85. The van der Waals surface area contributed by atoms with Crippen molar-refractivity contribution in [2.75, 3.05) is 10.8 Å². The first-order valence-electron chi connectivity index (χ1n) is 10.9. The van der Waals surface area contributed by atoms with E-state index in [9.17, 15) is 21.6 Å². The monoisotopic (exact) mass is 498 g/mol. The van der Waals surface area contributed by atoms with Crippen LogP contribution in [0, 0.1) is 13.8 Å². The molecule has 5 rings (SSSR count). The zero-order valence-corrected chi connectivity index (χ0v) is 19.7. The lowest BCUT2D eigenvalue weighted by Crippen LogP contribution is -2.33. The van der Waals surface area contributed by atoms with Gasteiger partial charge in [0, 0.05) is 29.6 Å². The second-order valence-electron chi connectivity index (χ2n) is 8.38. The van der Waals surface area contributed by atoms with Crippen molar-refractivity contribution in [1.82, 2.24) is 14.8 Å². The molecule has 1 aliphatic heterocycles. The molecule has 3 heterocycles. The van der Waals surface area contributed by atoms with Gasteiger partial charge < -0.3 is 0 Å². The number of alkyl halides is 3. The Hall–Kier alpha value is -3.66. The van der Waals surface area contributed by atoms with Crippen molar-refractivity contribution in [3.05, 3.63) is 89.2 Å². The third-order valence-electron chi connectivity index (χ3n) is 6.13. The lowest BCUT2D eigenvalue weighted by molar-refractivity contribution is -0.137. The molecule has 6 nitrogen and oxygen atoms in total. The highest BCUT2D eigenvalue weighted by Gasteiger charge is 2.34. The first-order valence-corrected chi connectivity index (χ1v) is 12.3. The number of aryl methyl sites for hydroxylation is 1. The average Bonchev–Trinajstić information content (AvgIpc) is 3.05. The first-order chi connectivity index (χ1) is 16.6. The highest BCUT2D eigenvalue weighted by atomic mass is 32.2. The fraction of sp³-hybridized carbons (Fsp3) is 0.200. The maximum absolute atomic E-state index is 13.5. The summed E-state index contributed by atoms with van der Waals surface area (Å²) in [6, 6.07) is 14.9. The molecule has 0 aliphatic carbocycles. The molecule has 0 saturated carbocycles. The summed E-state index contributed by atoms with van der Waals surface area (Å²) in [5.74, 6) is 0.267. The Kier molecular flexibility index (Phi) is 5.43. The van der Waals surface area contributed by atoms with Gasteiger partial charge in [0.15, 0.2) is 5.82 Å². The van der Waals surface area contributed by atoms with E-state index in [-0.39, 0.29) is 17.3 Å². The molecule has 0 radical (unpaired) electrons. The smallest absolute Gasteiger partial charge is 0.249 e. The maximum atomic E-state index is 13.5. The van der Waals surface area contributed by atoms with Crippen LogP contribution in [0.2, 0.25) is 0 Å². The molecule has 0 fully saturated rings. The summed E-state index contributed by atoms with van der Waals surface area (Å²) < 4.78 is 68.9. The number of hydrogen-bond donors (Lipinski definition) is 0. The van der Waals surface area contributed by atoms with Gasteiger partial charge in [0.1, 0.15) is 5.69 Å². The molecule has 10 heteroatoms. The zero-order chi connectivity index (χ0) is 25.0. The lowest BCUT2D eigenvalue weighted by atomic mass is 10.1. The van der Waals surface area contributed by atoms with Crippen LogP contribution in [0.5, 0.6) is 0 Å². The van der Waals surface area contributed by atoms with E-state index >= 15 is 0 Å². The number of anilines is 1. The molecule has 1 aliphatic rings. The third kappa shape index (κ3) is 3.97. The van der Waals surface area contributed by atoms with Crippen LogP contribution in [0.3, 0.4) is 0 Å². The molecule has 0 bridgehead atoms. The van der Waals surface area contributed by atoms with Crippen molar-refractivity contribution in [1.29, 1.82) is 0 Å². The fourth-order valence-electron chi connectivity index (χ4n) is 4.26. The molecule has 0 atom stereocenters. The third-order valence-corrected chi connectivity index (χ3v) is 7.94. The summed E-state index contributed by atoms with van der Waals surface area (Å²) in [5, 5.41) is 4.69. The van der Waals surface area contributed by atoms with Crippen molar-refractivity contribution in [2.45, 2.75) is 31.3 Å². The normalized spacial score (nSPS) is 13.8. The quantitative estimate of drug-likeness (QED) is 0.383. The van der Waals surface area contributed by atoms with Gasteiger partial charge in [-0.15, -0.1) is 0 Å². The van der Waals surface area contributed by atoms with Gasteiger partial charge in [-0.05, 0) is 68.8 Å². The van der Waals surface area contributed by atoms with Crippen molar-refractivity contribution < 1.29 is 21.6 Å². The summed E-state index contributed by atoms with van der Waals surface area (Å²) in [4.78, 5) is 4.56. The predicted molar refractivity (Wildman–Crippen MR) is 126 cm³/mol. The van der Waals surface area contributed by atoms with Crippen molar-refractivity contribution >= 4 is 15.8 Å². The van der Waals surface area contributed by atoms with Gasteiger partial charge in [-0.3, -0.25) is 0 Å². The summed E-state index contributed by atoms with van der Waals surface area (Å²) in [5.41, 5.74) is 3.35. The topological polar surface area (TPSA) is 68.1 Å². The Balaban J connectivity index is 1.60. The van der Waals surface area contributed by atoms with E-state index in [0.717, 1.165) is 29.0 Å². The van der Waals surface area contributed by atoms with Crippen LogP contribution in [-0.4, -0.2) is 29.7 Å². The number of hydrogen-bond acceptors (Lipinski definition) is 4. The van der Waals surface area contributed by atoms with Crippen LogP contribution in [0.15, 0.2) is 71.8 Å². The Morgan fingerprint density at radius 3 is 2.29 bits per heavy atom. The van der Waals surface area contributed by atoms with Crippen molar-refractivity contribution in [3.8, 4) is 16.9 Å². The molecular formula is C25H21F3N4O2S. The van der Waals surface area contributed by atoms with Crippen molar-refractivity contribution in [3.63, 3.8) is 0 Å². The first kappa shape index (κ1) is 23.1. The van der Waals surface area contributed by atoms with Gasteiger partial charge in [-0.1, -0.05) is 17.7 Å². The number of sulfonamides is 1. The van der Waals surface area contributed by atoms with E-state index in [1.54, 1.807) is 41.1 Å². The van der Waals surface area contributed by atoms with E-state index in [1.807, 2.05) is 13.8 Å². The number of pyridine rings is 1. The summed E-state index contributed by atoms with van der Waals surface area (Å²) in [6.07, 6.45) is -2.53. The van der Waals surface area contributed by atoms with Gasteiger partial charge in [0.05, 0.1) is 16.1 Å². The zero-order valence-electron chi connectivity index (χ0n) is 18.9. The highest BCUT2D eigenvalue weighted by Crippen LogP contribution is 2.38. The van der Waals surface area contributed by atoms with Gasteiger partial charge in [-0.2, -0.15) is 18.3 Å². The minimum atomic E-state index is -4.42. The molecule has 2 aromatic heterocycles. The fourth-order valence-corrected chi connectivity index (χ4v) is 5.70. The Bertz CT molecular complexity index is 1510. The molecular weight excluding hydrogens is 477 g/mol. The minimum absolute atomic E-state index is 0.146. The molecule has 35 heavy (non-hydrogen) atoms. The highest BCUT2D eigenvalue weighted by molar-refractivity contribution is 7.92. The van der Waals surface area contributed by atoms with Crippen LogP contribution in [0.1, 0.15) is 22.4 Å². The number of fused-ring (bicyclic) bond motifs is 3. The van der Waals surface area contributed by atoms with E-state index in [0.29, 0.717) is 23.4 Å². The van der Waals surface area contributed by atoms with E-state index in [1.165, 1.54) is 22.6 Å². The van der Waals surface area contributed by atoms with Crippen LogP contribution < -0.4 is 4.31 Å². The Morgan fingerprint density at radius 2 is 1.63 bits per heavy atom. The molecule has 0 N–H and O–H groups in total. The lowest BCUT2D eigenvalue weighted by Gasteiger charge is -2.23. The SMILES string of the molecule is Cc1ccc(S(=O)(=O)N2CCc3c(nn(-c4ccc(C(F)(F)F)cc4)c3C)-c3cccnc32)cc1. The van der Waals surface area contributed by atoms with Gasteiger partial charge in [0.25, 0.3) is 10.0 Å². The summed E-state index contributed by atoms with van der Waals surface area (Å²) in [7, 11) is -3.88. The van der Waals surface area contributed by atoms with Gasteiger partial charge in [0.2, 0.25) is 0 Å². The predicted octanol–water partition coefficient (Wildman–Crippen LogP) is 5.32. The molecule has 2 aromatic carbocycles. The molecule has 0 spiro atoms. The number of aromatic nitrogens is 3. The van der Waals surface area contributed by atoms with Crippen LogP contribution >= 0.6 is 0 Å². The minimum Gasteiger partial charge on any atom is -0.249 e. The van der Waals surface area contributed by atoms with Crippen LogP contribution in [0.25, 0.3) is 16.9 Å². The number of benzene rings is 2. The van der Waals surface area contributed by atoms with E-state index in [2.05, 4.69) is 10.1 Å². The van der Waals surface area contributed by atoms with Crippen molar-refractivity contribution in [2.24, 2.45) is 0 Å². The molecule has 0 amide bonds. The second kappa shape index (κ2) is 8.23. The largest absolute Gasteiger partial charge is 0.416 e. The Morgan fingerprint density at radius 1 is 0.943 bits per heavy atom.